The van der Waals surface area contributed by atoms with Crippen LogP contribution in [0.1, 0.15) is 49.8 Å². The summed E-state index contributed by atoms with van der Waals surface area (Å²) in [6, 6.07) is 30.6. The lowest BCUT2D eigenvalue weighted by atomic mass is 9.97. The van der Waals surface area contributed by atoms with E-state index in [1.54, 1.807) is 12.1 Å². The van der Waals surface area contributed by atoms with Crippen LogP contribution in [0.4, 0.5) is 5.69 Å². The second kappa shape index (κ2) is 11.0. The molecule has 0 bridgehead atoms. The minimum Gasteiger partial charge on any atom is -0.341 e. The fourth-order valence-electron chi connectivity index (χ4n) is 4.27. The minimum atomic E-state index is -3.51. The van der Waals surface area contributed by atoms with Gasteiger partial charge in [-0.1, -0.05) is 84.4 Å². The number of nitrogens with one attached hydrogen (secondary N) is 1. The Balaban J connectivity index is 1.56. The van der Waals surface area contributed by atoms with Crippen molar-refractivity contribution in [1.82, 2.24) is 5.32 Å². The van der Waals surface area contributed by atoms with Gasteiger partial charge in [0.25, 0.3) is 5.91 Å². The highest BCUT2D eigenvalue weighted by molar-refractivity contribution is 7.92. The monoisotopic (exact) mass is 512 g/mol. The Kier molecular flexibility index (Phi) is 7.79. The summed E-state index contributed by atoms with van der Waals surface area (Å²) in [6.45, 7) is 6.06. The molecule has 0 radical (unpaired) electrons. The summed E-state index contributed by atoms with van der Waals surface area (Å²) in [5, 5.41) is 3.16. The van der Waals surface area contributed by atoms with Crippen molar-refractivity contribution in [2.45, 2.75) is 33.4 Å². The molecule has 37 heavy (non-hydrogen) atoms. The largest absolute Gasteiger partial charge is 0.341 e. The van der Waals surface area contributed by atoms with Gasteiger partial charge >= 0.3 is 0 Å². The number of hydrogen-bond donors (Lipinski definition) is 1. The molecular formula is C31H32N2O3S. The number of sulfonamides is 1. The summed E-state index contributed by atoms with van der Waals surface area (Å²) in [6.07, 6.45) is 1.21. The number of carbonyl (C=O) groups is 1. The molecule has 4 rings (SSSR count). The number of hydrogen-bond acceptors (Lipinski definition) is 3. The van der Waals surface area contributed by atoms with Crippen LogP contribution in [-0.2, 0) is 16.6 Å². The maximum absolute atomic E-state index is 13.2. The number of amides is 1. The molecule has 0 aromatic heterocycles. The number of aryl methyl sites for hydroxylation is 3. The van der Waals surface area contributed by atoms with Crippen molar-refractivity contribution in [3.63, 3.8) is 0 Å². The lowest BCUT2D eigenvalue weighted by Gasteiger charge is -2.25. The van der Waals surface area contributed by atoms with Crippen LogP contribution in [0.15, 0.2) is 97.1 Å². The van der Waals surface area contributed by atoms with Crippen LogP contribution in [0.25, 0.3) is 0 Å². The Morgan fingerprint density at radius 3 is 2.00 bits per heavy atom. The molecule has 0 saturated heterocycles. The molecule has 4 aromatic rings. The highest BCUT2D eigenvalue weighted by Crippen LogP contribution is 2.27. The van der Waals surface area contributed by atoms with Crippen LogP contribution < -0.4 is 9.62 Å². The normalized spacial score (nSPS) is 12.1. The van der Waals surface area contributed by atoms with Gasteiger partial charge in [-0.05, 0) is 66.8 Å². The van der Waals surface area contributed by atoms with Crippen LogP contribution >= 0.6 is 0 Å². The first kappa shape index (κ1) is 26.2. The summed E-state index contributed by atoms with van der Waals surface area (Å²) in [4.78, 5) is 13.2. The molecule has 5 nitrogen and oxygen atoms in total. The average molecular weight is 513 g/mol. The van der Waals surface area contributed by atoms with Gasteiger partial charge in [0.2, 0.25) is 10.0 Å². The SMILES string of the molecule is Cc1ccc([C@H](NC(=O)c2ccc(CN(c3cc(C)ccc3C)S(C)(=O)=O)cc2)c2ccccc2)cc1. The van der Waals surface area contributed by atoms with Crippen molar-refractivity contribution >= 4 is 21.6 Å². The molecule has 1 N–H and O–H groups in total. The first-order valence-electron chi connectivity index (χ1n) is 12.2. The summed E-state index contributed by atoms with van der Waals surface area (Å²) in [5.74, 6) is -0.199. The Hall–Kier alpha value is -3.90. The molecule has 0 aliphatic heterocycles. The minimum absolute atomic E-state index is 0.182. The smallest absolute Gasteiger partial charge is 0.252 e. The van der Waals surface area contributed by atoms with Crippen molar-refractivity contribution in [2.75, 3.05) is 10.6 Å². The van der Waals surface area contributed by atoms with E-state index in [9.17, 15) is 13.2 Å². The summed E-state index contributed by atoms with van der Waals surface area (Å²) in [5.41, 5.74) is 6.98. The lowest BCUT2D eigenvalue weighted by Crippen LogP contribution is -2.30. The van der Waals surface area contributed by atoms with Gasteiger partial charge in [0.1, 0.15) is 0 Å². The van der Waals surface area contributed by atoms with E-state index >= 15 is 0 Å². The van der Waals surface area contributed by atoms with E-state index in [2.05, 4.69) is 5.32 Å². The fraction of sp³-hybridized carbons (Fsp3) is 0.194. The predicted octanol–water partition coefficient (Wildman–Crippen LogP) is 6.10. The van der Waals surface area contributed by atoms with Gasteiger partial charge in [0.15, 0.2) is 0 Å². The molecule has 4 aromatic carbocycles. The first-order valence-corrected chi connectivity index (χ1v) is 14.0. The third-order valence-electron chi connectivity index (χ3n) is 6.39. The van der Waals surface area contributed by atoms with Crippen molar-refractivity contribution < 1.29 is 13.2 Å². The van der Waals surface area contributed by atoms with Gasteiger partial charge in [-0.25, -0.2) is 8.42 Å². The number of nitrogens with zero attached hydrogens (tertiary/aromatic N) is 1. The van der Waals surface area contributed by atoms with Crippen molar-refractivity contribution in [3.05, 3.63) is 136 Å². The maximum Gasteiger partial charge on any atom is 0.252 e. The Labute approximate surface area is 219 Å². The van der Waals surface area contributed by atoms with Crippen molar-refractivity contribution in [1.29, 1.82) is 0 Å². The zero-order chi connectivity index (χ0) is 26.6. The van der Waals surface area contributed by atoms with Crippen LogP contribution in [-0.4, -0.2) is 20.6 Å². The van der Waals surface area contributed by atoms with Gasteiger partial charge in [0, 0.05) is 5.56 Å². The molecule has 0 heterocycles. The molecule has 6 heteroatoms. The van der Waals surface area contributed by atoms with Crippen LogP contribution in [0.3, 0.4) is 0 Å². The lowest BCUT2D eigenvalue weighted by molar-refractivity contribution is 0.0943. The molecule has 0 saturated carbocycles. The predicted molar refractivity (Wildman–Crippen MR) is 150 cm³/mol. The number of rotatable bonds is 8. The van der Waals surface area contributed by atoms with E-state index in [0.29, 0.717) is 11.3 Å². The van der Waals surface area contributed by atoms with E-state index < -0.39 is 10.0 Å². The fourth-order valence-corrected chi connectivity index (χ4v) is 5.21. The third-order valence-corrected chi connectivity index (χ3v) is 7.52. The molecule has 0 fully saturated rings. The van der Waals surface area contributed by atoms with E-state index in [0.717, 1.165) is 33.4 Å². The molecule has 1 amide bonds. The molecular weight excluding hydrogens is 480 g/mol. The zero-order valence-electron chi connectivity index (χ0n) is 21.6. The number of benzene rings is 4. The molecule has 1 atom stereocenters. The highest BCUT2D eigenvalue weighted by atomic mass is 32.2. The van der Waals surface area contributed by atoms with Gasteiger partial charge in [-0.3, -0.25) is 9.10 Å². The van der Waals surface area contributed by atoms with E-state index in [1.165, 1.54) is 10.6 Å². The van der Waals surface area contributed by atoms with E-state index in [-0.39, 0.29) is 18.5 Å². The molecule has 0 aliphatic rings. The second-order valence-electron chi connectivity index (χ2n) is 9.48. The quantitative estimate of drug-likeness (QED) is 0.310. The summed E-state index contributed by atoms with van der Waals surface area (Å²) < 4.78 is 26.7. The van der Waals surface area contributed by atoms with E-state index in [4.69, 9.17) is 0 Å². The van der Waals surface area contributed by atoms with Gasteiger partial charge in [-0.2, -0.15) is 0 Å². The van der Waals surface area contributed by atoms with E-state index in [1.807, 2.05) is 106 Å². The van der Waals surface area contributed by atoms with Gasteiger partial charge in [-0.15, -0.1) is 0 Å². The topological polar surface area (TPSA) is 66.5 Å². The average Bonchev–Trinajstić information content (AvgIpc) is 2.88. The van der Waals surface area contributed by atoms with Crippen LogP contribution in [0, 0.1) is 20.8 Å². The van der Waals surface area contributed by atoms with Crippen LogP contribution in [0.5, 0.6) is 0 Å². The van der Waals surface area contributed by atoms with Gasteiger partial charge < -0.3 is 5.32 Å². The third kappa shape index (κ3) is 6.46. The Morgan fingerprint density at radius 2 is 1.38 bits per heavy atom. The summed E-state index contributed by atoms with van der Waals surface area (Å²) in [7, 11) is -3.51. The second-order valence-corrected chi connectivity index (χ2v) is 11.4. The Bertz CT molecular complexity index is 1480. The summed E-state index contributed by atoms with van der Waals surface area (Å²) >= 11 is 0. The molecule has 0 aliphatic carbocycles. The zero-order valence-corrected chi connectivity index (χ0v) is 22.4. The van der Waals surface area contributed by atoms with Gasteiger partial charge in [0.05, 0.1) is 24.5 Å². The number of carbonyl (C=O) groups excluding carboxylic acids is 1. The molecule has 0 unspecified atom stereocenters. The highest BCUT2D eigenvalue weighted by Gasteiger charge is 2.21. The maximum atomic E-state index is 13.2. The molecule has 190 valence electrons. The van der Waals surface area contributed by atoms with Crippen molar-refractivity contribution in [3.8, 4) is 0 Å². The van der Waals surface area contributed by atoms with Crippen molar-refractivity contribution in [2.24, 2.45) is 0 Å². The molecule has 0 spiro atoms. The first-order chi connectivity index (χ1) is 17.6. The standard InChI is InChI=1S/C31H32N2O3S/c1-22-11-16-27(17-12-22)30(26-8-6-5-7-9-26)32-31(34)28-18-14-25(15-19-28)21-33(37(4,35)36)29-20-23(2)10-13-24(29)3/h5-20,30H,21H2,1-4H3,(H,32,34)/t30-/m1/s1. The van der Waals surface area contributed by atoms with Crippen LogP contribution in [0.2, 0.25) is 0 Å². The Morgan fingerprint density at radius 1 is 0.784 bits per heavy atom. The number of anilines is 1.